The molecule has 1 aliphatic rings. The molecule has 0 aromatic carbocycles. The summed E-state index contributed by atoms with van der Waals surface area (Å²) in [6.07, 6.45) is 4.50. The van der Waals surface area contributed by atoms with Crippen LogP contribution in [0.15, 0.2) is 18.6 Å². The Kier molecular flexibility index (Phi) is 3.61. The molecule has 106 valence electrons. The Balaban J connectivity index is 1.83. The Morgan fingerprint density at radius 1 is 1.40 bits per heavy atom. The monoisotopic (exact) mass is 330 g/mol. The number of anilines is 1. The van der Waals surface area contributed by atoms with Crippen molar-refractivity contribution >= 4 is 38.3 Å². The first-order valence-electron chi connectivity index (χ1n) is 5.97. The highest BCUT2D eigenvalue weighted by Gasteiger charge is 2.31. The van der Waals surface area contributed by atoms with Gasteiger partial charge in [0.25, 0.3) is 0 Å². The number of nitrogens with zero attached hydrogens (tertiary/aromatic N) is 3. The van der Waals surface area contributed by atoms with Gasteiger partial charge in [-0.3, -0.25) is 4.72 Å². The standard InChI is InChI=1S/C11H11ClN4O2S2/c12-10-9-2-1-8(5-7(9)3-4-13-10)20(17,18)16-11-14-6-15-19-11/h3-4,6,8H,1-2,5H2,(H,14,15,16). The third-order valence-electron chi connectivity index (χ3n) is 3.29. The Morgan fingerprint density at radius 3 is 3.00 bits per heavy atom. The van der Waals surface area contributed by atoms with Crippen LogP contribution in [0.5, 0.6) is 0 Å². The highest BCUT2D eigenvalue weighted by Crippen LogP contribution is 2.29. The molecule has 0 amide bonds. The lowest BCUT2D eigenvalue weighted by Crippen LogP contribution is -2.33. The van der Waals surface area contributed by atoms with Crippen LogP contribution in [0.3, 0.4) is 0 Å². The van der Waals surface area contributed by atoms with Crippen molar-refractivity contribution in [3.05, 3.63) is 34.9 Å². The largest absolute Gasteiger partial charge is 0.257 e. The highest BCUT2D eigenvalue weighted by atomic mass is 35.5. The van der Waals surface area contributed by atoms with Crippen LogP contribution in [-0.2, 0) is 22.9 Å². The minimum absolute atomic E-state index is 0.295. The van der Waals surface area contributed by atoms with Crippen molar-refractivity contribution in [3.63, 3.8) is 0 Å². The molecule has 9 heteroatoms. The van der Waals surface area contributed by atoms with Gasteiger partial charge in [0.05, 0.1) is 5.25 Å². The molecule has 6 nitrogen and oxygen atoms in total. The summed E-state index contributed by atoms with van der Waals surface area (Å²) < 4.78 is 30.9. The maximum Gasteiger partial charge on any atom is 0.237 e. The number of nitrogens with one attached hydrogen (secondary N) is 1. The molecule has 3 rings (SSSR count). The first-order chi connectivity index (χ1) is 9.56. The van der Waals surface area contributed by atoms with Crippen LogP contribution in [-0.4, -0.2) is 28.0 Å². The van der Waals surface area contributed by atoms with Crippen LogP contribution in [0.2, 0.25) is 5.15 Å². The summed E-state index contributed by atoms with van der Waals surface area (Å²) in [7, 11) is -3.47. The Labute approximate surface area is 125 Å². The van der Waals surface area contributed by atoms with Gasteiger partial charge in [-0.1, -0.05) is 11.6 Å². The number of rotatable bonds is 3. The van der Waals surface area contributed by atoms with Crippen LogP contribution in [0.4, 0.5) is 5.13 Å². The van der Waals surface area contributed by atoms with Crippen LogP contribution >= 0.6 is 23.1 Å². The van der Waals surface area contributed by atoms with Gasteiger partial charge < -0.3 is 0 Å². The predicted molar refractivity (Wildman–Crippen MR) is 77.5 cm³/mol. The van der Waals surface area contributed by atoms with Crippen LogP contribution < -0.4 is 4.72 Å². The molecule has 2 heterocycles. The number of fused-ring (bicyclic) bond motifs is 1. The van der Waals surface area contributed by atoms with E-state index >= 15 is 0 Å². The molecule has 1 aliphatic carbocycles. The molecule has 2 aromatic rings. The number of pyridine rings is 1. The third-order valence-corrected chi connectivity index (χ3v) is 6.09. The smallest absolute Gasteiger partial charge is 0.237 e. The maximum atomic E-state index is 12.3. The van der Waals surface area contributed by atoms with E-state index in [0.29, 0.717) is 29.5 Å². The minimum Gasteiger partial charge on any atom is -0.257 e. The van der Waals surface area contributed by atoms with Gasteiger partial charge in [-0.25, -0.2) is 18.4 Å². The molecule has 0 saturated heterocycles. The topological polar surface area (TPSA) is 84.8 Å². The average molecular weight is 331 g/mol. The van der Waals surface area contributed by atoms with Crippen molar-refractivity contribution in [3.8, 4) is 0 Å². The Morgan fingerprint density at radius 2 is 2.25 bits per heavy atom. The first-order valence-corrected chi connectivity index (χ1v) is 8.66. The van der Waals surface area contributed by atoms with Crippen molar-refractivity contribution < 1.29 is 8.42 Å². The van der Waals surface area contributed by atoms with E-state index in [-0.39, 0.29) is 0 Å². The lowest BCUT2D eigenvalue weighted by molar-refractivity contribution is 0.566. The van der Waals surface area contributed by atoms with Gasteiger partial charge in [0.1, 0.15) is 11.5 Å². The quantitative estimate of drug-likeness (QED) is 0.869. The second-order valence-electron chi connectivity index (χ2n) is 4.50. The molecule has 20 heavy (non-hydrogen) atoms. The summed E-state index contributed by atoms with van der Waals surface area (Å²) in [6.45, 7) is 0. The lowest BCUT2D eigenvalue weighted by atomic mass is 9.93. The molecule has 0 bridgehead atoms. The molecule has 0 aliphatic heterocycles. The molecule has 0 spiro atoms. The van der Waals surface area contributed by atoms with E-state index in [1.54, 1.807) is 6.20 Å². The average Bonchev–Trinajstić information content (AvgIpc) is 2.91. The van der Waals surface area contributed by atoms with Crippen molar-refractivity contribution in [1.82, 2.24) is 14.3 Å². The van der Waals surface area contributed by atoms with Crippen LogP contribution in [0.1, 0.15) is 17.5 Å². The van der Waals surface area contributed by atoms with Gasteiger partial charge >= 0.3 is 0 Å². The van der Waals surface area contributed by atoms with E-state index < -0.39 is 15.3 Å². The molecule has 0 radical (unpaired) electrons. The van der Waals surface area contributed by atoms with Crippen molar-refractivity contribution in [2.75, 3.05) is 4.72 Å². The molecule has 1 N–H and O–H groups in total. The molecule has 1 unspecified atom stereocenters. The molecule has 1 atom stereocenters. The summed E-state index contributed by atoms with van der Waals surface area (Å²) in [5.74, 6) is 0. The molecule has 0 saturated carbocycles. The van der Waals surface area contributed by atoms with Crippen LogP contribution in [0, 0.1) is 0 Å². The zero-order valence-corrected chi connectivity index (χ0v) is 12.7. The summed E-state index contributed by atoms with van der Waals surface area (Å²) in [5, 5.41) is 0.274. The summed E-state index contributed by atoms with van der Waals surface area (Å²) in [5.41, 5.74) is 1.90. The summed E-state index contributed by atoms with van der Waals surface area (Å²) in [4.78, 5) is 7.86. The second kappa shape index (κ2) is 5.27. The van der Waals surface area contributed by atoms with Gasteiger partial charge in [0.2, 0.25) is 15.2 Å². The summed E-state index contributed by atoms with van der Waals surface area (Å²) >= 11 is 7.05. The van der Waals surface area contributed by atoms with E-state index in [2.05, 4.69) is 19.1 Å². The minimum atomic E-state index is -3.47. The molecule has 0 fully saturated rings. The van der Waals surface area contributed by atoms with E-state index in [9.17, 15) is 8.42 Å². The van der Waals surface area contributed by atoms with E-state index in [0.717, 1.165) is 22.7 Å². The third kappa shape index (κ3) is 2.63. The first kappa shape index (κ1) is 13.7. The number of hydrogen-bond acceptors (Lipinski definition) is 6. The van der Waals surface area contributed by atoms with Gasteiger partial charge in [-0.05, 0) is 36.5 Å². The van der Waals surface area contributed by atoms with E-state index in [1.807, 2.05) is 6.07 Å². The predicted octanol–water partition coefficient (Wildman–Crippen LogP) is 1.89. The van der Waals surface area contributed by atoms with Gasteiger partial charge in [0.15, 0.2) is 0 Å². The highest BCUT2D eigenvalue weighted by molar-refractivity contribution is 7.93. The number of aromatic nitrogens is 3. The van der Waals surface area contributed by atoms with Crippen molar-refractivity contribution in [2.24, 2.45) is 0 Å². The van der Waals surface area contributed by atoms with Gasteiger partial charge in [0, 0.05) is 17.7 Å². The molecule has 2 aromatic heterocycles. The van der Waals surface area contributed by atoms with Crippen molar-refractivity contribution in [2.45, 2.75) is 24.5 Å². The van der Waals surface area contributed by atoms with Gasteiger partial charge in [-0.15, -0.1) is 0 Å². The number of hydrogen-bond donors (Lipinski definition) is 1. The number of sulfonamides is 1. The van der Waals surface area contributed by atoms with E-state index in [1.165, 1.54) is 6.33 Å². The summed E-state index contributed by atoms with van der Waals surface area (Å²) in [6, 6.07) is 1.83. The Hall–Kier alpha value is -1.25. The SMILES string of the molecule is O=S(=O)(Nc1ncns1)C1CCc2c(ccnc2Cl)C1. The fourth-order valence-corrected chi connectivity index (χ4v) is 4.65. The van der Waals surface area contributed by atoms with E-state index in [4.69, 9.17) is 11.6 Å². The fraction of sp³-hybridized carbons (Fsp3) is 0.364. The fourth-order valence-electron chi connectivity index (χ4n) is 2.30. The Bertz CT molecular complexity index is 718. The molecular weight excluding hydrogens is 320 g/mol. The normalized spacial score (nSPS) is 18.6. The maximum absolute atomic E-state index is 12.3. The molecular formula is C11H11ClN4O2S2. The van der Waals surface area contributed by atoms with Crippen molar-refractivity contribution in [1.29, 1.82) is 0 Å². The zero-order valence-electron chi connectivity index (χ0n) is 10.3. The van der Waals surface area contributed by atoms with Crippen LogP contribution in [0.25, 0.3) is 0 Å². The zero-order chi connectivity index (χ0) is 14.2. The number of halogens is 1. The second-order valence-corrected chi connectivity index (χ2v) is 7.60. The van der Waals surface area contributed by atoms with Gasteiger partial charge in [-0.2, -0.15) is 4.37 Å². The lowest BCUT2D eigenvalue weighted by Gasteiger charge is -2.24.